The van der Waals surface area contributed by atoms with Gasteiger partial charge in [-0.1, -0.05) is 0 Å². The van der Waals surface area contributed by atoms with E-state index in [1.807, 2.05) is 18.6 Å². The van der Waals surface area contributed by atoms with E-state index in [-0.39, 0.29) is 0 Å². The number of anilines is 1. The second-order valence-corrected chi connectivity index (χ2v) is 6.06. The maximum absolute atomic E-state index is 4.75. The standard InChI is InChI=1S/C18H21N5/c1-10-22(14-15-4-7-19-8-5-15)12-13-23(11-1)17-3-2-16-6-9-20-18(16)21-17/h2-9H,1,10-14H2,(H,20,21). The number of aromatic nitrogens is 3. The van der Waals surface area contributed by atoms with Gasteiger partial charge in [-0.2, -0.15) is 0 Å². The molecule has 0 atom stereocenters. The highest BCUT2D eigenvalue weighted by atomic mass is 15.2. The molecule has 5 heteroatoms. The highest BCUT2D eigenvalue weighted by Crippen LogP contribution is 2.19. The minimum atomic E-state index is 0.973. The van der Waals surface area contributed by atoms with Crippen molar-refractivity contribution >= 4 is 16.9 Å². The van der Waals surface area contributed by atoms with Gasteiger partial charge in [-0.3, -0.25) is 9.88 Å². The van der Waals surface area contributed by atoms with Crippen LogP contribution in [0.1, 0.15) is 12.0 Å². The molecule has 4 rings (SSSR count). The van der Waals surface area contributed by atoms with Gasteiger partial charge in [0, 0.05) is 56.7 Å². The number of nitrogens with one attached hydrogen (secondary N) is 1. The third-order valence-electron chi connectivity index (χ3n) is 4.46. The summed E-state index contributed by atoms with van der Waals surface area (Å²) in [5.74, 6) is 1.07. The van der Waals surface area contributed by atoms with Crippen LogP contribution in [0.15, 0.2) is 48.9 Å². The first kappa shape index (κ1) is 14.2. The van der Waals surface area contributed by atoms with E-state index in [4.69, 9.17) is 4.98 Å². The van der Waals surface area contributed by atoms with Crippen molar-refractivity contribution in [1.29, 1.82) is 0 Å². The van der Waals surface area contributed by atoms with Crippen LogP contribution in [-0.4, -0.2) is 46.0 Å². The summed E-state index contributed by atoms with van der Waals surface area (Å²) in [5.41, 5.74) is 2.31. The molecule has 0 aliphatic carbocycles. The van der Waals surface area contributed by atoms with E-state index in [9.17, 15) is 0 Å². The average molecular weight is 307 g/mol. The summed E-state index contributed by atoms with van der Waals surface area (Å²) in [7, 11) is 0. The molecule has 0 saturated carbocycles. The maximum atomic E-state index is 4.75. The van der Waals surface area contributed by atoms with Gasteiger partial charge in [0.1, 0.15) is 11.5 Å². The smallest absolute Gasteiger partial charge is 0.139 e. The van der Waals surface area contributed by atoms with E-state index in [0.29, 0.717) is 0 Å². The Morgan fingerprint density at radius 1 is 0.957 bits per heavy atom. The quantitative estimate of drug-likeness (QED) is 0.808. The van der Waals surface area contributed by atoms with Crippen molar-refractivity contribution in [2.45, 2.75) is 13.0 Å². The fourth-order valence-corrected chi connectivity index (χ4v) is 3.20. The molecule has 3 aromatic rings. The van der Waals surface area contributed by atoms with Crippen LogP contribution < -0.4 is 4.90 Å². The Labute approximate surface area is 136 Å². The minimum absolute atomic E-state index is 0.973. The van der Waals surface area contributed by atoms with Crippen LogP contribution in [-0.2, 0) is 6.54 Å². The monoisotopic (exact) mass is 307 g/mol. The molecule has 1 saturated heterocycles. The van der Waals surface area contributed by atoms with E-state index >= 15 is 0 Å². The second kappa shape index (κ2) is 6.38. The van der Waals surface area contributed by atoms with Gasteiger partial charge in [-0.15, -0.1) is 0 Å². The van der Waals surface area contributed by atoms with Crippen LogP contribution in [0.2, 0.25) is 0 Å². The Hall–Kier alpha value is -2.40. The van der Waals surface area contributed by atoms with Gasteiger partial charge >= 0.3 is 0 Å². The average Bonchev–Trinajstić information content (AvgIpc) is 2.94. The number of fused-ring (bicyclic) bond motifs is 1. The predicted octanol–water partition coefficient (Wildman–Crippen LogP) is 2.67. The molecule has 1 N–H and O–H groups in total. The zero-order chi connectivity index (χ0) is 15.5. The first-order chi connectivity index (χ1) is 11.4. The fraction of sp³-hybridized carbons (Fsp3) is 0.333. The topological polar surface area (TPSA) is 48.0 Å². The minimum Gasteiger partial charge on any atom is -0.355 e. The van der Waals surface area contributed by atoms with Crippen molar-refractivity contribution in [2.24, 2.45) is 0 Å². The molecule has 4 heterocycles. The van der Waals surface area contributed by atoms with Crippen LogP contribution in [0.4, 0.5) is 5.82 Å². The third-order valence-corrected chi connectivity index (χ3v) is 4.46. The summed E-state index contributed by atoms with van der Waals surface area (Å²) in [4.78, 5) is 17.0. The lowest BCUT2D eigenvalue weighted by Gasteiger charge is -2.22. The van der Waals surface area contributed by atoms with Crippen molar-refractivity contribution < 1.29 is 0 Å². The summed E-state index contributed by atoms with van der Waals surface area (Å²) < 4.78 is 0. The van der Waals surface area contributed by atoms with Gasteiger partial charge in [0.15, 0.2) is 0 Å². The maximum Gasteiger partial charge on any atom is 0.139 e. The lowest BCUT2D eigenvalue weighted by atomic mass is 10.2. The lowest BCUT2D eigenvalue weighted by Crippen LogP contribution is -2.30. The molecule has 1 fully saturated rings. The SMILES string of the molecule is c1cc(CN2CCCN(c3ccc4cc[nH]c4n3)CC2)ccn1. The first-order valence-electron chi connectivity index (χ1n) is 8.19. The number of hydrogen-bond acceptors (Lipinski definition) is 4. The Morgan fingerprint density at radius 2 is 1.87 bits per heavy atom. The Bertz CT molecular complexity index is 767. The van der Waals surface area contributed by atoms with Crippen molar-refractivity contribution in [3.63, 3.8) is 0 Å². The van der Waals surface area contributed by atoms with E-state index in [1.165, 1.54) is 10.9 Å². The molecule has 0 unspecified atom stereocenters. The fourth-order valence-electron chi connectivity index (χ4n) is 3.20. The van der Waals surface area contributed by atoms with Crippen molar-refractivity contribution in [1.82, 2.24) is 19.9 Å². The van der Waals surface area contributed by atoms with Crippen LogP contribution in [0, 0.1) is 0 Å². The van der Waals surface area contributed by atoms with E-state index in [1.54, 1.807) is 0 Å². The van der Waals surface area contributed by atoms with Gasteiger partial charge in [-0.25, -0.2) is 4.98 Å². The summed E-state index contributed by atoms with van der Waals surface area (Å²) in [5, 5.41) is 1.17. The van der Waals surface area contributed by atoms with Crippen LogP contribution >= 0.6 is 0 Å². The molecular formula is C18H21N5. The highest BCUT2D eigenvalue weighted by Gasteiger charge is 2.16. The number of aromatic amines is 1. The molecule has 0 radical (unpaired) electrons. The largest absolute Gasteiger partial charge is 0.355 e. The van der Waals surface area contributed by atoms with Crippen LogP contribution in [0.3, 0.4) is 0 Å². The molecule has 0 spiro atoms. The van der Waals surface area contributed by atoms with Gasteiger partial charge in [0.25, 0.3) is 0 Å². The molecule has 0 amide bonds. The van der Waals surface area contributed by atoms with E-state index in [2.05, 4.69) is 50.1 Å². The second-order valence-electron chi connectivity index (χ2n) is 6.06. The highest BCUT2D eigenvalue weighted by molar-refractivity contribution is 5.77. The summed E-state index contributed by atoms with van der Waals surface area (Å²) >= 11 is 0. The normalized spacial score (nSPS) is 16.6. The van der Waals surface area contributed by atoms with Gasteiger partial charge in [0.05, 0.1) is 0 Å². The summed E-state index contributed by atoms with van der Waals surface area (Å²) in [6.45, 7) is 5.27. The molecule has 23 heavy (non-hydrogen) atoms. The molecule has 1 aliphatic heterocycles. The van der Waals surface area contributed by atoms with E-state index in [0.717, 1.165) is 50.6 Å². The zero-order valence-corrected chi connectivity index (χ0v) is 13.2. The molecule has 0 bridgehead atoms. The van der Waals surface area contributed by atoms with Crippen LogP contribution in [0.25, 0.3) is 11.0 Å². The van der Waals surface area contributed by atoms with Gasteiger partial charge < -0.3 is 9.88 Å². The van der Waals surface area contributed by atoms with Gasteiger partial charge in [0.2, 0.25) is 0 Å². The predicted molar refractivity (Wildman–Crippen MR) is 92.4 cm³/mol. The number of pyridine rings is 2. The number of nitrogens with zero attached hydrogens (tertiary/aromatic N) is 4. The first-order valence-corrected chi connectivity index (χ1v) is 8.19. The van der Waals surface area contributed by atoms with Crippen LogP contribution in [0.5, 0.6) is 0 Å². The lowest BCUT2D eigenvalue weighted by molar-refractivity contribution is 0.285. The summed E-state index contributed by atoms with van der Waals surface area (Å²) in [6.07, 6.45) is 6.85. The third kappa shape index (κ3) is 3.19. The molecule has 1 aliphatic rings. The van der Waals surface area contributed by atoms with Crippen molar-refractivity contribution in [3.8, 4) is 0 Å². The Morgan fingerprint density at radius 3 is 2.78 bits per heavy atom. The Kier molecular flexibility index (Phi) is 3.94. The molecule has 118 valence electrons. The zero-order valence-electron chi connectivity index (χ0n) is 13.2. The van der Waals surface area contributed by atoms with E-state index < -0.39 is 0 Å². The number of rotatable bonds is 3. The number of hydrogen-bond donors (Lipinski definition) is 1. The number of H-pyrrole nitrogens is 1. The Balaban J connectivity index is 1.44. The molecular weight excluding hydrogens is 286 g/mol. The molecule has 5 nitrogen and oxygen atoms in total. The van der Waals surface area contributed by atoms with Crippen molar-refractivity contribution in [3.05, 3.63) is 54.5 Å². The van der Waals surface area contributed by atoms with Gasteiger partial charge in [-0.05, 0) is 42.3 Å². The molecule has 3 aromatic heterocycles. The van der Waals surface area contributed by atoms with Crippen molar-refractivity contribution in [2.75, 3.05) is 31.1 Å². The molecule has 0 aromatic carbocycles. The summed E-state index contributed by atoms with van der Waals surface area (Å²) in [6, 6.07) is 10.5.